The fourth-order valence-electron chi connectivity index (χ4n) is 12.1. The molecule has 306 valence electrons. The van der Waals surface area contributed by atoms with Crippen molar-refractivity contribution in [2.45, 2.75) is 5.41 Å². The Kier molecular flexibility index (Phi) is 7.34. The van der Waals surface area contributed by atoms with E-state index in [0.29, 0.717) is 0 Å². The van der Waals surface area contributed by atoms with E-state index >= 15 is 0 Å². The first kappa shape index (κ1) is 36.1. The second kappa shape index (κ2) is 13.4. The monoisotopic (exact) mass is 854 g/mol. The van der Waals surface area contributed by atoms with Gasteiger partial charge in [-0.05, 0) is 121 Å². The Labute approximate surface area is 385 Å². The summed E-state index contributed by atoms with van der Waals surface area (Å²) >= 11 is 1.87. The minimum atomic E-state index is -0.530. The van der Waals surface area contributed by atoms with Crippen molar-refractivity contribution in [2.75, 3.05) is 4.90 Å². The lowest BCUT2D eigenvalue weighted by molar-refractivity contribution is 0.773. The Balaban J connectivity index is 1.03. The first-order valence-corrected chi connectivity index (χ1v) is 23.6. The number of nitrogens with zero attached hydrogens (tertiary/aromatic N) is 2. The molecular formula is C63H38N2S. The van der Waals surface area contributed by atoms with Crippen LogP contribution in [0.1, 0.15) is 22.3 Å². The fraction of sp³-hybridized carbons (Fsp3) is 0.0159. The van der Waals surface area contributed by atoms with Crippen molar-refractivity contribution in [1.29, 1.82) is 0 Å². The van der Waals surface area contributed by atoms with Gasteiger partial charge in [0.1, 0.15) is 0 Å². The van der Waals surface area contributed by atoms with Crippen molar-refractivity contribution in [2.24, 2.45) is 0 Å². The molecule has 0 N–H and O–H groups in total. The number of fused-ring (bicyclic) bond motifs is 16. The van der Waals surface area contributed by atoms with Crippen LogP contribution in [0.25, 0.3) is 91.5 Å². The third kappa shape index (κ3) is 4.74. The van der Waals surface area contributed by atoms with E-state index in [-0.39, 0.29) is 0 Å². The maximum Gasteiger partial charge on any atom is 0.0726 e. The van der Waals surface area contributed by atoms with E-state index in [4.69, 9.17) is 0 Å². The van der Waals surface area contributed by atoms with Gasteiger partial charge in [0.05, 0.1) is 22.1 Å². The highest BCUT2D eigenvalue weighted by molar-refractivity contribution is 7.25. The molecular weight excluding hydrogens is 817 g/mol. The van der Waals surface area contributed by atoms with E-state index in [1.807, 2.05) is 11.3 Å². The lowest BCUT2D eigenvalue weighted by Crippen LogP contribution is -2.32. The molecule has 2 heterocycles. The molecule has 11 aromatic carbocycles. The predicted octanol–water partition coefficient (Wildman–Crippen LogP) is 17.3. The molecule has 0 aliphatic heterocycles. The van der Waals surface area contributed by atoms with Gasteiger partial charge in [0.15, 0.2) is 0 Å². The van der Waals surface area contributed by atoms with Crippen LogP contribution < -0.4 is 4.90 Å². The van der Waals surface area contributed by atoms with E-state index in [2.05, 4.69) is 240 Å². The van der Waals surface area contributed by atoms with E-state index in [0.717, 1.165) is 22.7 Å². The van der Waals surface area contributed by atoms with Gasteiger partial charge < -0.3 is 9.47 Å². The summed E-state index contributed by atoms with van der Waals surface area (Å²) in [5.41, 5.74) is 16.9. The SMILES string of the molecule is c1ccc2c(c1)-c1ccccc1C21c2cc(N(c3ccc4c5ccccc5n(-c5ccc6sc7ccccc7c6c5)c4c3)c3cccc4ccccc34)ccc2-c2cccc3cccc1c23. The largest absolute Gasteiger partial charge is 0.310 e. The molecule has 0 radical (unpaired) electrons. The molecule has 13 aromatic rings. The van der Waals surface area contributed by atoms with E-state index in [9.17, 15) is 0 Å². The van der Waals surface area contributed by atoms with Gasteiger partial charge in [-0.3, -0.25) is 0 Å². The summed E-state index contributed by atoms with van der Waals surface area (Å²) < 4.78 is 5.10. The first-order valence-electron chi connectivity index (χ1n) is 22.8. The normalized spacial score (nSPS) is 13.3. The minimum absolute atomic E-state index is 0.530. The third-order valence-electron chi connectivity index (χ3n) is 14.8. The average Bonchev–Trinajstić information content (AvgIpc) is 4.02. The zero-order chi connectivity index (χ0) is 43.1. The number of aromatic nitrogens is 1. The number of thiophene rings is 1. The molecule has 15 rings (SSSR count). The van der Waals surface area contributed by atoms with Crippen LogP contribution in [0.4, 0.5) is 17.1 Å². The number of para-hydroxylation sites is 1. The van der Waals surface area contributed by atoms with Crippen molar-refractivity contribution < 1.29 is 0 Å². The van der Waals surface area contributed by atoms with Crippen LogP contribution in [0.5, 0.6) is 0 Å². The molecule has 1 spiro atoms. The number of anilines is 3. The lowest BCUT2D eigenvalue weighted by atomic mass is 9.61. The van der Waals surface area contributed by atoms with Gasteiger partial charge in [-0.25, -0.2) is 0 Å². The Hall–Kier alpha value is -8.24. The summed E-state index contributed by atoms with van der Waals surface area (Å²) in [4.78, 5) is 2.52. The third-order valence-corrected chi connectivity index (χ3v) is 15.9. The molecule has 0 saturated heterocycles. The van der Waals surface area contributed by atoms with Crippen LogP contribution in [-0.2, 0) is 5.41 Å². The molecule has 3 heteroatoms. The van der Waals surface area contributed by atoms with Gasteiger partial charge in [-0.2, -0.15) is 0 Å². The summed E-state index contributed by atoms with van der Waals surface area (Å²) in [5, 5.41) is 10.1. The number of hydrogen-bond acceptors (Lipinski definition) is 2. The van der Waals surface area contributed by atoms with E-state index < -0.39 is 5.41 Å². The highest BCUT2D eigenvalue weighted by Gasteiger charge is 2.50. The lowest BCUT2D eigenvalue weighted by Gasteiger charge is -2.41. The topological polar surface area (TPSA) is 8.17 Å². The van der Waals surface area contributed by atoms with Crippen LogP contribution in [-0.4, -0.2) is 4.57 Å². The highest BCUT2D eigenvalue weighted by Crippen LogP contribution is 2.62. The molecule has 2 nitrogen and oxygen atoms in total. The van der Waals surface area contributed by atoms with Gasteiger partial charge in [0.2, 0.25) is 0 Å². The molecule has 2 aliphatic carbocycles. The molecule has 0 unspecified atom stereocenters. The zero-order valence-corrected chi connectivity index (χ0v) is 36.6. The molecule has 66 heavy (non-hydrogen) atoms. The highest BCUT2D eigenvalue weighted by atomic mass is 32.1. The van der Waals surface area contributed by atoms with E-state index in [1.54, 1.807) is 0 Å². The Morgan fingerprint density at radius 3 is 1.80 bits per heavy atom. The van der Waals surface area contributed by atoms with Crippen molar-refractivity contribution in [1.82, 2.24) is 4.57 Å². The summed E-state index contributed by atoms with van der Waals surface area (Å²) in [6, 6.07) is 86.7. The van der Waals surface area contributed by atoms with Gasteiger partial charge >= 0.3 is 0 Å². The first-order chi connectivity index (χ1) is 32.7. The van der Waals surface area contributed by atoms with Crippen molar-refractivity contribution in [3.05, 3.63) is 253 Å². The molecule has 2 aromatic heterocycles. The fourth-order valence-corrected chi connectivity index (χ4v) is 13.2. The number of hydrogen-bond donors (Lipinski definition) is 0. The van der Waals surface area contributed by atoms with Crippen molar-refractivity contribution in [3.8, 4) is 27.9 Å². The molecule has 0 saturated carbocycles. The van der Waals surface area contributed by atoms with Crippen LogP contribution in [0, 0.1) is 0 Å². The second-order valence-corrected chi connectivity index (χ2v) is 19.0. The summed E-state index contributed by atoms with van der Waals surface area (Å²) in [5.74, 6) is 0. The Morgan fingerprint density at radius 1 is 0.348 bits per heavy atom. The summed E-state index contributed by atoms with van der Waals surface area (Å²) in [6.07, 6.45) is 0. The van der Waals surface area contributed by atoms with Gasteiger partial charge in [0, 0.05) is 53.4 Å². The smallest absolute Gasteiger partial charge is 0.0726 e. The zero-order valence-electron chi connectivity index (χ0n) is 35.7. The standard InChI is InChI=1S/C63H38N2S/c1-2-18-44-39(14-1)15-13-28-57(44)64(43-31-34-49-48-21-5-9-27-58(48)65(59(49)38-43)41-32-35-61-52(36-41)50-22-6-10-29-60(50)66-61)42-30-33-47-51-23-11-16-40-17-12-26-55(62(40)51)63(56(47)37-42)53-24-7-3-19-45(53)46-20-4-8-25-54(46)63/h1-38H. The molecule has 0 bridgehead atoms. The summed E-state index contributed by atoms with van der Waals surface area (Å²) in [6.45, 7) is 0. The molecule has 0 atom stereocenters. The van der Waals surface area contributed by atoms with Crippen molar-refractivity contribution >= 4 is 91.9 Å². The second-order valence-electron chi connectivity index (χ2n) is 17.9. The van der Waals surface area contributed by atoms with Crippen LogP contribution in [0.3, 0.4) is 0 Å². The molecule has 2 aliphatic rings. The minimum Gasteiger partial charge on any atom is -0.310 e. The summed E-state index contributed by atoms with van der Waals surface area (Å²) in [7, 11) is 0. The molecule has 0 fully saturated rings. The maximum atomic E-state index is 2.53. The van der Waals surface area contributed by atoms with Gasteiger partial charge in [-0.15, -0.1) is 11.3 Å². The van der Waals surface area contributed by atoms with E-state index in [1.165, 1.54) is 108 Å². The van der Waals surface area contributed by atoms with Crippen LogP contribution >= 0.6 is 11.3 Å². The molecule has 0 amide bonds. The quantitative estimate of drug-likeness (QED) is 0.171. The van der Waals surface area contributed by atoms with Crippen molar-refractivity contribution in [3.63, 3.8) is 0 Å². The number of benzene rings is 11. The average molecular weight is 855 g/mol. The Morgan fingerprint density at radius 2 is 0.939 bits per heavy atom. The van der Waals surface area contributed by atoms with Crippen LogP contribution in [0.2, 0.25) is 0 Å². The van der Waals surface area contributed by atoms with Gasteiger partial charge in [-0.1, -0.05) is 170 Å². The predicted molar refractivity (Wildman–Crippen MR) is 280 cm³/mol. The van der Waals surface area contributed by atoms with Gasteiger partial charge in [0.25, 0.3) is 0 Å². The Bertz CT molecular complexity index is 4150. The van der Waals surface area contributed by atoms with Crippen LogP contribution in [0.15, 0.2) is 231 Å². The number of rotatable bonds is 4. The maximum absolute atomic E-state index is 2.53.